The summed E-state index contributed by atoms with van der Waals surface area (Å²) < 4.78 is 0. The Morgan fingerprint density at radius 1 is 1.61 bits per heavy atom. The number of aliphatic hydroxyl groups is 1. The average Bonchev–Trinajstić information content (AvgIpc) is 2.69. The summed E-state index contributed by atoms with van der Waals surface area (Å²) in [5.41, 5.74) is 0.118. The van der Waals surface area contributed by atoms with Crippen LogP contribution in [0.25, 0.3) is 0 Å². The van der Waals surface area contributed by atoms with E-state index in [4.69, 9.17) is 16.7 Å². The van der Waals surface area contributed by atoms with Gasteiger partial charge in [-0.15, -0.1) is 0 Å². The number of aromatic carboxylic acids is 1. The first-order valence-corrected chi connectivity index (χ1v) is 6.19. The SMILES string of the molecule is CC1CCN(c2nc(Cl)ccc2C(=O)O)C1CO. The Bertz CT molecular complexity index is 467. The van der Waals surface area contributed by atoms with Crippen molar-refractivity contribution in [2.75, 3.05) is 18.1 Å². The molecule has 1 fully saturated rings. The number of rotatable bonds is 3. The van der Waals surface area contributed by atoms with Gasteiger partial charge in [-0.3, -0.25) is 0 Å². The first kappa shape index (κ1) is 13.1. The van der Waals surface area contributed by atoms with Gasteiger partial charge in [0.25, 0.3) is 0 Å². The van der Waals surface area contributed by atoms with Crippen LogP contribution in [-0.4, -0.2) is 40.4 Å². The Kier molecular flexibility index (Phi) is 3.73. The number of pyridine rings is 1. The van der Waals surface area contributed by atoms with Crippen molar-refractivity contribution in [2.45, 2.75) is 19.4 Å². The number of nitrogens with zero attached hydrogens (tertiary/aromatic N) is 2. The van der Waals surface area contributed by atoms with E-state index in [1.165, 1.54) is 12.1 Å². The lowest BCUT2D eigenvalue weighted by atomic mass is 10.0. The number of carboxylic acid groups (broad SMARTS) is 1. The standard InChI is InChI=1S/C12H15ClN2O3/c1-7-4-5-15(9(7)6-16)11-8(12(17)18)2-3-10(13)14-11/h2-3,7,9,16H,4-6H2,1H3,(H,17,18). The molecule has 2 heterocycles. The fraction of sp³-hybridized carbons (Fsp3) is 0.500. The van der Waals surface area contributed by atoms with Crippen LogP contribution >= 0.6 is 11.6 Å². The molecule has 2 unspecified atom stereocenters. The summed E-state index contributed by atoms with van der Waals surface area (Å²) in [4.78, 5) is 17.1. The third-order valence-corrected chi connectivity index (χ3v) is 3.62. The van der Waals surface area contributed by atoms with Gasteiger partial charge in [0.2, 0.25) is 0 Å². The van der Waals surface area contributed by atoms with Gasteiger partial charge in [-0.25, -0.2) is 9.78 Å². The van der Waals surface area contributed by atoms with E-state index in [9.17, 15) is 9.90 Å². The van der Waals surface area contributed by atoms with Crippen LogP contribution in [0.1, 0.15) is 23.7 Å². The Labute approximate surface area is 110 Å². The molecule has 5 nitrogen and oxygen atoms in total. The third kappa shape index (κ3) is 2.28. The molecule has 1 aromatic rings. The van der Waals surface area contributed by atoms with Crippen molar-refractivity contribution in [3.05, 3.63) is 22.8 Å². The first-order chi connectivity index (χ1) is 8.54. The fourth-order valence-corrected chi connectivity index (χ4v) is 2.50. The van der Waals surface area contributed by atoms with Gasteiger partial charge in [0.15, 0.2) is 0 Å². The van der Waals surface area contributed by atoms with Gasteiger partial charge in [0.05, 0.1) is 12.6 Å². The lowest BCUT2D eigenvalue weighted by Gasteiger charge is -2.27. The largest absolute Gasteiger partial charge is 0.478 e. The summed E-state index contributed by atoms with van der Waals surface area (Å²) in [6.07, 6.45) is 0.901. The Balaban J connectivity index is 2.43. The second kappa shape index (κ2) is 5.12. The zero-order valence-corrected chi connectivity index (χ0v) is 10.8. The van der Waals surface area contributed by atoms with E-state index < -0.39 is 5.97 Å². The normalized spacial score (nSPS) is 23.4. The van der Waals surface area contributed by atoms with Gasteiger partial charge >= 0.3 is 5.97 Å². The first-order valence-electron chi connectivity index (χ1n) is 5.82. The molecule has 0 aliphatic carbocycles. The molecule has 18 heavy (non-hydrogen) atoms. The number of carbonyl (C=O) groups is 1. The molecule has 6 heteroatoms. The number of anilines is 1. The van der Waals surface area contributed by atoms with Gasteiger partial charge < -0.3 is 15.1 Å². The molecule has 1 aromatic heterocycles. The van der Waals surface area contributed by atoms with Gasteiger partial charge in [-0.1, -0.05) is 18.5 Å². The van der Waals surface area contributed by atoms with Crippen LogP contribution in [0.2, 0.25) is 5.15 Å². The van der Waals surface area contributed by atoms with Crippen LogP contribution in [0.5, 0.6) is 0 Å². The number of aliphatic hydroxyl groups excluding tert-OH is 1. The molecule has 0 bridgehead atoms. The van der Waals surface area contributed by atoms with E-state index in [1.807, 2.05) is 11.8 Å². The molecule has 0 amide bonds. The maximum atomic E-state index is 11.2. The third-order valence-electron chi connectivity index (χ3n) is 3.41. The van der Waals surface area contributed by atoms with E-state index in [-0.39, 0.29) is 23.4 Å². The molecule has 2 atom stereocenters. The highest BCUT2D eigenvalue weighted by Gasteiger charge is 2.33. The second-order valence-electron chi connectivity index (χ2n) is 4.52. The van der Waals surface area contributed by atoms with Crippen LogP contribution in [0.3, 0.4) is 0 Å². The van der Waals surface area contributed by atoms with E-state index in [2.05, 4.69) is 4.98 Å². The fourth-order valence-electron chi connectivity index (χ4n) is 2.36. The summed E-state index contributed by atoms with van der Waals surface area (Å²) in [7, 11) is 0. The van der Waals surface area contributed by atoms with Gasteiger partial charge in [-0.2, -0.15) is 0 Å². The highest BCUT2D eigenvalue weighted by atomic mass is 35.5. The monoisotopic (exact) mass is 270 g/mol. The Morgan fingerprint density at radius 3 is 2.94 bits per heavy atom. The zero-order chi connectivity index (χ0) is 13.3. The zero-order valence-electron chi connectivity index (χ0n) is 10.0. The van der Waals surface area contributed by atoms with Crippen molar-refractivity contribution in [1.82, 2.24) is 4.98 Å². The summed E-state index contributed by atoms with van der Waals surface area (Å²) in [6, 6.07) is 2.81. The van der Waals surface area contributed by atoms with Gasteiger partial charge in [0.1, 0.15) is 16.5 Å². The van der Waals surface area contributed by atoms with Gasteiger partial charge in [0, 0.05) is 6.54 Å². The van der Waals surface area contributed by atoms with Crippen LogP contribution in [-0.2, 0) is 0 Å². The number of aromatic nitrogens is 1. The average molecular weight is 271 g/mol. The number of halogens is 1. The lowest BCUT2D eigenvalue weighted by molar-refractivity contribution is 0.0697. The minimum absolute atomic E-state index is 0.0194. The lowest BCUT2D eigenvalue weighted by Crippen LogP contribution is -2.36. The molecule has 2 rings (SSSR count). The molecular formula is C12H15ClN2O3. The van der Waals surface area contributed by atoms with Crippen LogP contribution < -0.4 is 4.90 Å². The van der Waals surface area contributed by atoms with Crippen molar-refractivity contribution in [3.8, 4) is 0 Å². The summed E-state index contributed by atoms with van der Waals surface area (Å²) in [5, 5.41) is 18.8. The maximum Gasteiger partial charge on any atom is 0.339 e. The maximum absolute atomic E-state index is 11.2. The number of carboxylic acids is 1. The molecule has 0 aromatic carbocycles. The quantitative estimate of drug-likeness (QED) is 0.817. The Hall–Kier alpha value is -1.33. The molecule has 98 valence electrons. The van der Waals surface area contributed by atoms with Crippen molar-refractivity contribution < 1.29 is 15.0 Å². The number of hydrogen-bond acceptors (Lipinski definition) is 4. The topological polar surface area (TPSA) is 73.7 Å². The highest BCUT2D eigenvalue weighted by Crippen LogP contribution is 2.31. The molecular weight excluding hydrogens is 256 g/mol. The van der Waals surface area contributed by atoms with Crippen molar-refractivity contribution in [1.29, 1.82) is 0 Å². The smallest absolute Gasteiger partial charge is 0.339 e. The second-order valence-corrected chi connectivity index (χ2v) is 4.91. The summed E-state index contributed by atoms with van der Waals surface area (Å²) >= 11 is 5.83. The summed E-state index contributed by atoms with van der Waals surface area (Å²) in [6.45, 7) is 2.69. The van der Waals surface area contributed by atoms with Crippen molar-refractivity contribution in [3.63, 3.8) is 0 Å². The molecule has 1 aliphatic heterocycles. The van der Waals surface area contributed by atoms with Crippen LogP contribution in [0.4, 0.5) is 5.82 Å². The van der Waals surface area contributed by atoms with E-state index in [1.54, 1.807) is 0 Å². The minimum Gasteiger partial charge on any atom is -0.478 e. The molecule has 0 radical (unpaired) electrons. The van der Waals surface area contributed by atoms with E-state index >= 15 is 0 Å². The molecule has 1 saturated heterocycles. The minimum atomic E-state index is -1.04. The van der Waals surface area contributed by atoms with Crippen molar-refractivity contribution >= 4 is 23.4 Å². The van der Waals surface area contributed by atoms with E-state index in [0.29, 0.717) is 18.3 Å². The predicted molar refractivity (Wildman–Crippen MR) is 68.2 cm³/mol. The highest BCUT2D eigenvalue weighted by molar-refractivity contribution is 6.29. The van der Waals surface area contributed by atoms with Crippen LogP contribution in [0.15, 0.2) is 12.1 Å². The summed E-state index contributed by atoms with van der Waals surface area (Å²) in [5.74, 6) is -0.388. The molecule has 0 spiro atoms. The number of hydrogen-bond donors (Lipinski definition) is 2. The predicted octanol–water partition coefficient (Wildman–Crippen LogP) is 1.64. The van der Waals surface area contributed by atoms with Crippen LogP contribution in [0, 0.1) is 5.92 Å². The van der Waals surface area contributed by atoms with Crippen molar-refractivity contribution in [2.24, 2.45) is 5.92 Å². The molecule has 0 saturated carbocycles. The van der Waals surface area contributed by atoms with Gasteiger partial charge in [-0.05, 0) is 24.5 Å². The molecule has 1 aliphatic rings. The van der Waals surface area contributed by atoms with E-state index in [0.717, 1.165) is 6.42 Å². The Morgan fingerprint density at radius 2 is 2.33 bits per heavy atom. The molecule has 2 N–H and O–H groups in total.